The molecule has 1 N–H and O–H groups in total. The van der Waals surface area contributed by atoms with Crippen molar-refractivity contribution in [2.75, 3.05) is 13.1 Å². The van der Waals surface area contributed by atoms with Gasteiger partial charge in [-0.25, -0.2) is 0 Å². The van der Waals surface area contributed by atoms with Gasteiger partial charge in [-0.05, 0) is 31.4 Å². The maximum atomic E-state index is 11.6. The molecule has 2 rings (SSSR count). The van der Waals surface area contributed by atoms with Crippen LogP contribution >= 0.6 is 0 Å². The van der Waals surface area contributed by atoms with Crippen molar-refractivity contribution in [3.63, 3.8) is 0 Å². The molecule has 1 fully saturated rings. The minimum absolute atomic E-state index is 0.144. The molecule has 88 valence electrons. The zero-order valence-electron chi connectivity index (χ0n) is 9.48. The van der Waals surface area contributed by atoms with Crippen molar-refractivity contribution in [1.82, 2.24) is 4.90 Å². The van der Waals surface area contributed by atoms with E-state index in [1.54, 1.807) is 11.2 Å². The van der Waals surface area contributed by atoms with Crippen LogP contribution < -0.4 is 0 Å². The maximum absolute atomic E-state index is 11.6. The lowest BCUT2D eigenvalue weighted by Gasteiger charge is -2.29. The second-order valence-corrected chi connectivity index (χ2v) is 4.35. The van der Waals surface area contributed by atoms with Crippen molar-refractivity contribution in [3.05, 3.63) is 23.7 Å². The molecule has 1 aromatic rings. The molecule has 1 aliphatic rings. The van der Waals surface area contributed by atoms with E-state index in [9.17, 15) is 9.90 Å². The Morgan fingerprint density at radius 1 is 1.62 bits per heavy atom. The van der Waals surface area contributed by atoms with Gasteiger partial charge in [-0.1, -0.05) is 0 Å². The Balaban J connectivity index is 1.87. The average molecular weight is 223 g/mol. The van der Waals surface area contributed by atoms with Crippen molar-refractivity contribution in [3.8, 4) is 0 Å². The van der Waals surface area contributed by atoms with E-state index in [-0.39, 0.29) is 12.0 Å². The number of hydrogen-bond acceptors (Lipinski definition) is 3. The monoisotopic (exact) mass is 223 g/mol. The van der Waals surface area contributed by atoms with Crippen LogP contribution in [-0.4, -0.2) is 35.1 Å². The first-order chi connectivity index (χ1) is 7.65. The fourth-order valence-electron chi connectivity index (χ4n) is 2.00. The number of β-amino-alcohol motifs (C(OH)–C–C–N with tert-alkyl or cyclic N) is 1. The van der Waals surface area contributed by atoms with Crippen molar-refractivity contribution in [2.45, 2.75) is 32.3 Å². The summed E-state index contributed by atoms with van der Waals surface area (Å²) >= 11 is 0. The topological polar surface area (TPSA) is 53.7 Å². The number of likely N-dealkylation sites (tertiary alicyclic amines) is 1. The summed E-state index contributed by atoms with van der Waals surface area (Å²) < 4.78 is 5.20. The van der Waals surface area contributed by atoms with Crippen LogP contribution in [0.15, 0.2) is 16.7 Å². The van der Waals surface area contributed by atoms with Crippen LogP contribution in [0.3, 0.4) is 0 Å². The van der Waals surface area contributed by atoms with Gasteiger partial charge >= 0.3 is 0 Å². The number of piperidine rings is 1. The highest BCUT2D eigenvalue weighted by Crippen LogP contribution is 2.13. The maximum Gasteiger partial charge on any atom is 0.222 e. The van der Waals surface area contributed by atoms with Crippen LogP contribution in [0.1, 0.15) is 24.2 Å². The van der Waals surface area contributed by atoms with Gasteiger partial charge in [-0.2, -0.15) is 0 Å². The number of amides is 1. The third kappa shape index (κ3) is 2.64. The molecule has 0 saturated carbocycles. The fourth-order valence-corrected chi connectivity index (χ4v) is 2.00. The molecule has 4 nitrogen and oxygen atoms in total. The van der Waals surface area contributed by atoms with E-state index >= 15 is 0 Å². The molecule has 1 amide bonds. The minimum Gasteiger partial charge on any atom is -0.469 e. The summed E-state index contributed by atoms with van der Waals surface area (Å²) in [4.78, 5) is 13.3. The standard InChI is InChI=1S/C12H17NO3/c1-9-6-10(8-16-9)4-5-13-7-11(14)2-3-12(13)15/h6,8,11,14H,2-5,7H2,1H3. The highest BCUT2D eigenvalue weighted by atomic mass is 16.3. The molecule has 1 saturated heterocycles. The third-order valence-corrected chi connectivity index (χ3v) is 2.93. The van der Waals surface area contributed by atoms with Crippen LogP contribution in [0.5, 0.6) is 0 Å². The smallest absolute Gasteiger partial charge is 0.222 e. The van der Waals surface area contributed by atoms with E-state index in [1.807, 2.05) is 13.0 Å². The number of carbonyl (C=O) groups excluding carboxylic acids is 1. The van der Waals surface area contributed by atoms with Crippen molar-refractivity contribution >= 4 is 5.91 Å². The highest BCUT2D eigenvalue weighted by Gasteiger charge is 2.23. The summed E-state index contributed by atoms with van der Waals surface area (Å²) in [7, 11) is 0. The second-order valence-electron chi connectivity index (χ2n) is 4.35. The number of aliphatic hydroxyl groups is 1. The van der Waals surface area contributed by atoms with Gasteiger partial charge in [0.1, 0.15) is 5.76 Å². The van der Waals surface area contributed by atoms with Gasteiger partial charge in [0, 0.05) is 19.5 Å². The zero-order chi connectivity index (χ0) is 11.5. The number of aliphatic hydroxyl groups excluding tert-OH is 1. The van der Waals surface area contributed by atoms with Gasteiger partial charge < -0.3 is 14.4 Å². The number of nitrogens with zero attached hydrogens (tertiary/aromatic N) is 1. The molecule has 1 aromatic heterocycles. The lowest BCUT2D eigenvalue weighted by molar-refractivity contribution is -0.136. The minimum atomic E-state index is -0.358. The first-order valence-electron chi connectivity index (χ1n) is 5.65. The summed E-state index contributed by atoms with van der Waals surface area (Å²) in [5.41, 5.74) is 1.10. The van der Waals surface area contributed by atoms with E-state index < -0.39 is 0 Å². The largest absolute Gasteiger partial charge is 0.469 e. The van der Waals surface area contributed by atoms with Crippen molar-refractivity contribution in [2.24, 2.45) is 0 Å². The Labute approximate surface area is 94.9 Å². The van der Waals surface area contributed by atoms with Crippen molar-refractivity contribution < 1.29 is 14.3 Å². The first-order valence-corrected chi connectivity index (χ1v) is 5.65. The summed E-state index contributed by atoms with van der Waals surface area (Å²) in [5.74, 6) is 1.03. The summed E-state index contributed by atoms with van der Waals surface area (Å²) in [5, 5.41) is 9.49. The lowest BCUT2D eigenvalue weighted by Crippen LogP contribution is -2.43. The molecular formula is C12H17NO3. The molecule has 1 atom stereocenters. The Morgan fingerprint density at radius 2 is 2.44 bits per heavy atom. The molecular weight excluding hydrogens is 206 g/mol. The summed E-state index contributed by atoms with van der Waals surface area (Å²) in [6, 6.07) is 1.98. The third-order valence-electron chi connectivity index (χ3n) is 2.93. The van der Waals surface area contributed by atoms with Crippen LogP contribution in [0, 0.1) is 6.92 Å². The Morgan fingerprint density at radius 3 is 3.12 bits per heavy atom. The molecule has 1 aliphatic heterocycles. The first kappa shape index (κ1) is 11.2. The molecule has 0 aliphatic carbocycles. The van der Waals surface area contributed by atoms with Gasteiger partial charge in [0.05, 0.1) is 12.4 Å². The second kappa shape index (κ2) is 4.70. The summed E-state index contributed by atoms with van der Waals surface area (Å²) in [6.45, 7) is 3.03. The van der Waals surface area contributed by atoms with Gasteiger partial charge in [0.25, 0.3) is 0 Å². The molecule has 0 aromatic carbocycles. The van der Waals surface area contributed by atoms with Crippen LogP contribution in [-0.2, 0) is 11.2 Å². The van der Waals surface area contributed by atoms with Crippen LogP contribution in [0.4, 0.5) is 0 Å². The number of rotatable bonds is 3. The van der Waals surface area contributed by atoms with Gasteiger partial charge in [-0.15, -0.1) is 0 Å². The van der Waals surface area contributed by atoms with Crippen LogP contribution in [0.25, 0.3) is 0 Å². The number of aryl methyl sites for hydroxylation is 1. The number of carbonyl (C=O) groups is 1. The van der Waals surface area contributed by atoms with Crippen LogP contribution in [0.2, 0.25) is 0 Å². The van der Waals surface area contributed by atoms with E-state index in [0.717, 1.165) is 17.7 Å². The number of furan rings is 1. The average Bonchev–Trinajstić information content (AvgIpc) is 2.66. The number of hydrogen-bond donors (Lipinski definition) is 1. The van der Waals surface area contributed by atoms with Crippen molar-refractivity contribution in [1.29, 1.82) is 0 Å². The van der Waals surface area contributed by atoms with E-state index in [2.05, 4.69) is 0 Å². The predicted molar refractivity (Wildman–Crippen MR) is 59.0 cm³/mol. The molecule has 0 spiro atoms. The molecule has 1 unspecified atom stereocenters. The zero-order valence-corrected chi connectivity index (χ0v) is 9.48. The van der Waals surface area contributed by atoms with E-state index in [4.69, 9.17) is 4.42 Å². The Hall–Kier alpha value is -1.29. The SMILES string of the molecule is Cc1cc(CCN2CC(O)CCC2=O)co1. The molecule has 0 bridgehead atoms. The molecule has 0 radical (unpaired) electrons. The Bertz CT molecular complexity index is 372. The predicted octanol–water partition coefficient (Wildman–Crippen LogP) is 1.11. The normalized spacial score (nSPS) is 21.5. The molecule has 4 heteroatoms. The summed E-state index contributed by atoms with van der Waals surface area (Å²) in [6.07, 6.45) is 3.21. The quantitative estimate of drug-likeness (QED) is 0.835. The van der Waals surface area contributed by atoms with Gasteiger partial charge in [0.15, 0.2) is 0 Å². The fraction of sp³-hybridized carbons (Fsp3) is 0.583. The molecule has 2 heterocycles. The van der Waals surface area contributed by atoms with Gasteiger partial charge in [-0.3, -0.25) is 4.79 Å². The van der Waals surface area contributed by atoms with E-state index in [0.29, 0.717) is 25.9 Å². The van der Waals surface area contributed by atoms with Gasteiger partial charge in [0.2, 0.25) is 5.91 Å². The Kier molecular flexibility index (Phi) is 3.29. The highest BCUT2D eigenvalue weighted by molar-refractivity contribution is 5.77. The molecule has 16 heavy (non-hydrogen) atoms. The lowest BCUT2D eigenvalue weighted by atomic mass is 10.1. The van der Waals surface area contributed by atoms with E-state index in [1.165, 1.54) is 0 Å².